The molecule has 20 heavy (non-hydrogen) atoms. The van der Waals surface area contributed by atoms with Gasteiger partial charge < -0.3 is 4.79 Å². The maximum absolute atomic E-state index is 11.1. The molecule has 0 spiro atoms. The van der Waals surface area contributed by atoms with Crippen LogP contribution in [0.25, 0.3) is 0 Å². The Bertz CT molecular complexity index is 589. The van der Waals surface area contributed by atoms with Gasteiger partial charge in [0.05, 0.1) is 0 Å². The molecule has 1 nitrogen and oxygen atoms in total. The number of aryl methyl sites for hydroxylation is 3. The van der Waals surface area contributed by atoms with Crippen LogP contribution in [-0.4, -0.2) is 5.78 Å². The maximum Gasteiger partial charge on any atom is 0.130 e. The molecular formula is C18H19ClO. The summed E-state index contributed by atoms with van der Waals surface area (Å²) in [6.45, 7) is 1.65. The molecule has 0 atom stereocenters. The van der Waals surface area contributed by atoms with Crippen molar-refractivity contribution in [1.29, 1.82) is 0 Å². The van der Waals surface area contributed by atoms with E-state index in [-0.39, 0.29) is 5.78 Å². The number of hydrogen-bond donors (Lipinski definition) is 0. The van der Waals surface area contributed by atoms with Crippen molar-refractivity contribution in [1.82, 2.24) is 0 Å². The number of ketones is 1. The average Bonchev–Trinajstić information content (AvgIpc) is 2.45. The molecule has 0 bridgehead atoms. The average molecular weight is 287 g/mol. The van der Waals surface area contributed by atoms with Crippen molar-refractivity contribution in [3.8, 4) is 0 Å². The Kier molecular flexibility index (Phi) is 5.37. The number of carbonyl (C=O) groups excluding carboxylic acids is 1. The molecule has 0 unspecified atom stereocenters. The minimum absolute atomic E-state index is 0.242. The van der Waals surface area contributed by atoms with E-state index in [0.29, 0.717) is 6.42 Å². The first-order chi connectivity index (χ1) is 9.66. The maximum atomic E-state index is 11.1. The van der Waals surface area contributed by atoms with Gasteiger partial charge in [-0.05, 0) is 48.9 Å². The molecule has 0 saturated heterocycles. The van der Waals surface area contributed by atoms with Crippen LogP contribution in [0.1, 0.15) is 30.0 Å². The van der Waals surface area contributed by atoms with Crippen molar-refractivity contribution < 1.29 is 4.79 Å². The highest BCUT2D eigenvalue weighted by Gasteiger charge is 2.05. The first-order valence-corrected chi connectivity index (χ1v) is 7.34. The lowest BCUT2D eigenvalue weighted by molar-refractivity contribution is -0.116. The Morgan fingerprint density at radius 2 is 1.35 bits per heavy atom. The van der Waals surface area contributed by atoms with Crippen LogP contribution < -0.4 is 0 Å². The molecule has 0 saturated carbocycles. The number of benzene rings is 2. The van der Waals surface area contributed by atoms with Crippen LogP contribution in [0.5, 0.6) is 0 Å². The van der Waals surface area contributed by atoms with Crippen molar-refractivity contribution in [3.63, 3.8) is 0 Å². The van der Waals surface area contributed by atoms with E-state index in [9.17, 15) is 4.79 Å². The first kappa shape index (κ1) is 14.8. The first-order valence-electron chi connectivity index (χ1n) is 6.96. The van der Waals surface area contributed by atoms with E-state index in [1.54, 1.807) is 6.92 Å². The molecule has 2 aromatic rings. The van der Waals surface area contributed by atoms with Gasteiger partial charge in [-0.15, -0.1) is 0 Å². The Morgan fingerprint density at radius 1 is 0.850 bits per heavy atom. The molecule has 104 valence electrons. The minimum atomic E-state index is 0.242. The lowest BCUT2D eigenvalue weighted by atomic mass is 9.96. The monoisotopic (exact) mass is 286 g/mol. The van der Waals surface area contributed by atoms with Crippen LogP contribution in [0, 0.1) is 0 Å². The Morgan fingerprint density at radius 3 is 1.95 bits per heavy atom. The molecule has 0 fully saturated rings. The van der Waals surface area contributed by atoms with Crippen LogP contribution in [0.2, 0.25) is 5.02 Å². The van der Waals surface area contributed by atoms with Crippen molar-refractivity contribution in [2.24, 2.45) is 0 Å². The van der Waals surface area contributed by atoms with Crippen LogP contribution in [0.3, 0.4) is 0 Å². The fourth-order valence-electron chi connectivity index (χ4n) is 2.33. The van der Waals surface area contributed by atoms with Crippen LogP contribution in [0.15, 0.2) is 48.5 Å². The third kappa shape index (κ3) is 4.21. The second kappa shape index (κ2) is 7.25. The summed E-state index contributed by atoms with van der Waals surface area (Å²) in [6.07, 6.45) is 3.33. The van der Waals surface area contributed by atoms with Gasteiger partial charge >= 0.3 is 0 Å². The van der Waals surface area contributed by atoms with Gasteiger partial charge in [-0.2, -0.15) is 0 Å². The Labute approximate surface area is 125 Å². The summed E-state index contributed by atoms with van der Waals surface area (Å²) < 4.78 is 0. The minimum Gasteiger partial charge on any atom is -0.300 e. The lowest BCUT2D eigenvalue weighted by Gasteiger charge is -2.09. The molecule has 0 aliphatic rings. The molecule has 0 aromatic heterocycles. The zero-order valence-corrected chi connectivity index (χ0v) is 12.5. The fraction of sp³-hybridized carbons (Fsp3) is 0.278. The molecule has 2 aromatic carbocycles. The van der Waals surface area contributed by atoms with Crippen molar-refractivity contribution in [2.45, 2.75) is 32.6 Å². The Hall–Kier alpha value is -1.60. The number of rotatable bonds is 6. The molecule has 2 rings (SSSR count). The Balaban J connectivity index is 2.06. The van der Waals surface area contributed by atoms with Crippen LogP contribution in [0.4, 0.5) is 0 Å². The zero-order chi connectivity index (χ0) is 14.4. The number of halogens is 1. The topological polar surface area (TPSA) is 17.1 Å². The molecule has 0 radical (unpaired) electrons. The molecular weight excluding hydrogens is 268 g/mol. The predicted octanol–water partition coefficient (Wildman–Crippen LogP) is 4.65. The van der Waals surface area contributed by atoms with Crippen molar-refractivity contribution >= 4 is 17.4 Å². The standard InChI is InChI=1S/C18H19ClO/c1-14(20)10-11-15-6-2-3-7-16(15)12-13-17-8-4-5-9-18(17)19/h2-9H,10-13H2,1H3. The zero-order valence-electron chi connectivity index (χ0n) is 11.7. The summed E-state index contributed by atoms with van der Waals surface area (Å²) in [6, 6.07) is 16.3. The van der Waals surface area contributed by atoms with Gasteiger partial charge in [0, 0.05) is 11.4 Å². The van der Waals surface area contributed by atoms with E-state index in [2.05, 4.69) is 24.3 Å². The summed E-state index contributed by atoms with van der Waals surface area (Å²) in [5.41, 5.74) is 3.76. The van der Waals surface area contributed by atoms with Gasteiger partial charge in [0.1, 0.15) is 5.78 Å². The van der Waals surface area contributed by atoms with Crippen molar-refractivity contribution in [2.75, 3.05) is 0 Å². The van der Waals surface area contributed by atoms with Gasteiger partial charge in [0.15, 0.2) is 0 Å². The number of hydrogen-bond acceptors (Lipinski definition) is 1. The summed E-state index contributed by atoms with van der Waals surface area (Å²) in [5, 5.41) is 0.828. The predicted molar refractivity (Wildman–Crippen MR) is 84.3 cm³/mol. The second-order valence-corrected chi connectivity index (χ2v) is 5.47. The highest BCUT2D eigenvalue weighted by Crippen LogP contribution is 2.19. The smallest absolute Gasteiger partial charge is 0.130 e. The van der Waals surface area contributed by atoms with Crippen LogP contribution >= 0.6 is 11.6 Å². The molecule has 0 amide bonds. The molecule has 0 N–H and O–H groups in total. The lowest BCUT2D eigenvalue weighted by Crippen LogP contribution is -2.00. The molecule has 0 heterocycles. The highest BCUT2D eigenvalue weighted by atomic mass is 35.5. The van der Waals surface area contributed by atoms with Gasteiger partial charge in [0.25, 0.3) is 0 Å². The van der Waals surface area contributed by atoms with Gasteiger partial charge in [-0.3, -0.25) is 0 Å². The van der Waals surface area contributed by atoms with E-state index in [1.165, 1.54) is 16.7 Å². The summed E-state index contributed by atoms with van der Waals surface area (Å²) in [4.78, 5) is 11.1. The second-order valence-electron chi connectivity index (χ2n) is 5.06. The fourth-order valence-corrected chi connectivity index (χ4v) is 2.56. The third-order valence-corrected chi connectivity index (χ3v) is 3.86. The van der Waals surface area contributed by atoms with Gasteiger partial charge in [0.2, 0.25) is 0 Å². The van der Waals surface area contributed by atoms with Crippen LogP contribution in [-0.2, 0) is 24.1 Å². The molecule has 0 aliphatic heterocycles. The van der Waals surface area contributed by atoms with E-state index >= 15 is 0 Å². The third-order valence-electron chi connectivity index (χ3n) is 3.49. The number of carbonyl (C=O) groups is 1. The summed E-state index contributed by atoms with van der Waals surface area (Å²) in [5.74, 6) is 0.242. The van der Waals surface area contributed by atoms with E-state index in [4.69, 9.17) is 11.6 Å². The van der Waals surface area contributed by atoms with Gasteiger partial charge in [-0.1, -0.05) is 54.1 Å². The summed E-state index contributed by atoms with van der Waals surface area (Å²) >= 11 is 6.19. The highest BCUT2D eigenvalue weighted by molar-refractivity contribution is 6.31. The normalized spacial score (nSPS) is 10.5. The van der Waals surface area contributed by atoms with E-state index < -0.39 is 0 Å². The van der Waals surface area contributed by atoms with Crippen molar-refractivity contribution in [3.05, 3.63) is 70.2 Å². The molecule has 2 heteroatoms. The van der Waals surface area contributed by atoms with E-state index in [1.807, 2.05) is 24.3 Å². The van der Waals surface area contributed by atoms with Gasteiger partial charge in [-0.25, -0.2) is 0 Å². The molecule has 0 aliphatic carbocycles. The van der Waals surface area contributed by atoms with E-state index in [0.717, 1.165) is 24.3 Å². The summed E-state index contributed by atoms with van der Waals surface area (Å²) in [7, 11) is 0. The quantitative estimate of drug-likeness (QED) is 0.755. The largest absolute Gasteiger partial charge is 0.300 e. The SMILES string of the molecule is CC(=O)CCc1ccccc1CCc1ccccc1Cl. The number of Topliss-reactive ketones (excluding diaryl/α,β-unsaturated/α-hetero) is 1.